The molecule has 2 nitrogen and oxygen atoms in total. The van der Waals surface area contributed by atoms with Gasteiger partial charge in [0.15, 0.2) is 0 Å². The Kier molecular flexibility index (Phi) is 2.72. The van der Waals surface area contributed by atoms with Crippen LogP contribution >= 0.6 is 0 Å². The Morgan fingerprint density at radius 2 is 1.90 bits per heavy atom. The monoisotopic (exact) mass is 141 g/mol. The second kappa shape index (κ2) is 3.59. The van der Waals surface area contributed by atoms with Crippen molar-refractivity contribution in [2.45, 2.75) is 45.1 Å². The largest absolute Gasteiger partial charge is 0.291 e. The van der Waals surface area contributed by atoms with Gasteiger partial charge in [-0.2, -0.15) is 0 Å². The molecule has 0 aliphatic heterocycles. The topological polar surface area (TPSA) is 40.0 Å². The summed E-state index contributed by atoms with van der Waals surface area (Å²) in [6.07, 6.45) is 6.74. The zero-order valence-electron chi connectivity index (χ0n) is 6.69. The molecule has 10 heavy (non-hydrogen) atoms. The van der Waals surface area contributed by atoms with E-state index in [1.807, 2.05) is 6.92 Å². The Bertz CT molecular complexity index is 119. The van der Waals surface area contributed by atoms with Gasteiger partial charge in [0.05, 0.1) is 6.04 Å². The van der Waals surface area contributed by atoms with Gasteiger partial charge in [-0.05, 0) is 25.7 Å². The minimum Gasteiger partial charge on any atom is -0.291 e. The zero-order chi connectivity index (χ0) is 7.40. The molecular weight excluding hydrogens is 124 g/mol. The summed E-state index contributed by atoms with van der Waals surface area (Å²) in [7, 11) is 0. The van der Waals surface area contributed by atoms with Crippen molar-refractivity contribution in [1.82, 2.24) is 0 Å². The Balaban J connectivity index is 2.33. The lowest BCUT2D eigenvalue weighted by molar-refractivity contribution is -0.508. The van der Waals surface area contributed by atoms with Crippen molar-refractivity contribution in [1.29, 1.82) is 0 Å². The fourth-order valence-electron chi connectivity index (χ4n) is 1.57. The van der Waals surface area contributed by atoms with E-state index in [4.69, 9.17) is 5.73 Å². The molecule has 0 saturated heterocycles. The third-order valence-corrected chi connectivity index (χ3v) is 2.04. The number of hydrogen-bond donors (Lipinski definition) is 2. The highest BCUT2D eigenvalue weighted by Crippen LogP contribution is 2.13. The van der Waals surface area contributed by atoms with Crippen LogP contribution in [0, 0.1) is 0 Å². The van der Waals surface area contributed by atoms with Crippen LogP contribution in [0.3, 0.4) is 0 Å². The molecule has 1 fully saturated rings. The van der Waals surface area contributed by atoms with E-state index < -0.39 is 0 Å². The highest BCUT2D eigenvalue weighted by Gasteiger charge is 2.13. The molecule has 0 aromatic rings. The SMILES string of the molecule is CC(N)=[NH+]C1CCCCC1. The van der Waals surface area contributed by atoms with Crippen molar-refractivity contribution in [2.24, 2.45) is 5.73 Å². The molecule has 0 heterocycles. The second-order valence-corrected chi connectivity index (χ2v) is 3.16. The van der Waals surface area contributed by atoms with Crippen molar-refractivity contribution in [2.75, 3.05) is 0 Å². The third kappa shape index (κ3) is 2.38. The summed E-state index contributed by atoms with van der Waals surface area (Å²) in [5.74, 6) is 0.868. The molecule has 58 valence electrons. The number of nitrogens with two attached hydrogens (primary N) is 1. The van der Waals surface area contributed by atoms with Gasteiger partial charge in [-0.25, -0.2) is 0 Å². The van der Waals surface area contributed by atoms with E-state index in [2.05, 4.69) is 4.99 Å². The molecule has 1 saturated carbocycles. The lowest BCUT2D eigenvalue weighted by Crippen LogP contribution is -2.81. The van der Waals surface area contributed by atoms with Gasteiger partial charge in [0.1, 0.15) is 0 Å². The van der Waals surface area contributed by atoms with Gasteiger partial charge in [-0.1, -0.05) is 6.42 Å². The standard InChI is InChI=1S/C8H16N2/c1-7(9)10-8-5-3-2-4-6-8/h8H,2-6H2,1H3,(H2,9,10)/p+1. The fraction of sp³-hybridized carbons (Fsp3) is 0.875. The summed E-state index contributed by atoms with van der Waals surface area (Å²) in [6.45, 7) is 1.93. The summed E-state index contributed by atoms with van der Waals surface area (Å²) in [5.41, 5.74) is 5.53. The zero-order valence-corrected chi connectivity index (χ0v) is 6.69. The van der Waals surface area contributed by atoms with Crippen molar-refractivity contribution < 1.29 is 4.99 Å². The van der Waals surface area contributed by atoms with Gasteiger partial charge in [0.2, 0.25) is 5.84 Å². The normalized spacial score (nSPS) is 23.1. The van der Waals surface area contributed by atoms with Gasteiger partial charge in [-0.15, -0.1) is 0 Å². The first-order chi connectivity index (χ1) is 4.79. The average Bonchev–Trinajstić information content (AvgIpc) is 1.88. The van der Waals surface area contributed by atoms with Crippen LogP contribution in [0.4, 0.5) is 0 Å². The van der Waals surface area contributed by atoms with E-state index in [0.29, 0.717) is 6.04 Å². The average molecular weight is 141 g/mol. The molecule has 0 atom stereocenters. The van der Waals surface area contributed by atoms with Crippen LogP contribution in [0.1, 0.15) is 39.0 Å². The van der Waals surface area contributed by atoms with Crippen LogP contribution in [0.5, 0.6) is 0 Å². The lowest BCUT2D eigenvalue weighted by Gasteiger charge is -2.15. The predicted molar refractivity (Wildman–Crippen MR) is 42.7 cm³/mol. The van der Waals surface area contributed by atoms with Crippen LogP contribution in [-0.4, -0.2) is 11.9 Å². The van der Waals surface area contributed by atoms with Crippen LogP contribution in [0.25, 0.3) is 0 Å². The van der Waals surface area contributed by atoms with Crippen molar-refractivity contribution in [3.05, 3.63) is 0 Å². The Labute approximate surface area is 62.5 Å². The van der Waals surface area contributed by atoms with Gasteiger partial charge < -0.3 is 0 Å². The Morgan fingerprint density at radius 3 is 2.40 bits per heavy atom. The minimum absolute atomic E-state index is 0.666. The number of hydrogen-bond acceptors (Lipinski definition) is 0. The predicted octanol–water partition coefficient (Wildman–Crippen LogP) is -0.223. The molecule has 0 amide bonds. The van der Waals surface area contributed by atoms with Gasteiger partial charge >= 0.3 is 0 Å². The molecular formula is C8H17N2+. The van der Waals surface area contributed by atoms with E-state index >= 15 is 0 Å². The van der Waals surface area contributed by atoms with E-state index in [9.17, 15) is 0 Å². The van der Waals surface area contributed by atoms with Crippen molar-refractivity contribution >= 4 is 5.84 Å². The smallest absolute Gasteiger partial charge is 0.237 e. The number of amidine groups is 1. The first-order valence-corrected chi connectivity index (χ1v) is 4.14. The summed E-state index contributed by atoms with van der Waals surface area (Å²) in [4.78, 5) is 3.28. The Hall–Kier alpha value is -0.530. The summed E-state index contributed by atoms with van der Waals surface area (Å²) >= 11 is 0. The Morgan fingerprint density at radius 1 is 1.30 bits per heavy atom. The number of nitrogens with one attached hydrogen (secondary N) is 1. The fourth-order valence-corrected chi connectivity index (χ4v) is 1.57. The van der Waals surface area contributed by atoms with E-state index in [0.717, 1.165) is 5.84 Å². The molecule has 0 bridgehead atoms. The molecule has 0 spiro atoms. The molecule has 0 unspecified atom stereocenters. The quantitative estimate of drug-likeness (QED) is 0.384. The maximum absolute atomic E-state index is 5.53. The first kappa shape index (κ1) is 7.58. The van der Waals surface area contributed by atoms with Crippen LogP contribution in [0.15, 0.2) is 0 Å². The van der Waals surface area contributed by atoms with Crippen LogP contribution in [-0.2, 0) is 0 Å². The van der Waals surface area contributed by atoms with E-state index in [1.54, 1.807) is 0 Å². The summed E-state index contributed by atoms with van der Waals surface area (Å²) in [5, 5.41) is 0. The van der Waals surface area contributed by atoms with Crippen LogP contribution in [0.2, 0.25) is 0 Å². The van der Waals surface area contributed by atoms with E-state index in [-0.39, 0.29) is 0 Å². The summed E-state index contributed by atoms with van der Waals surface area (Å²) in [6, 6.07) is 0.666. The first-order valence-electron chi connectivity index (χ1n) is 4.14. The molecule has 0 radical (unpaired) electrons. The summed E-state index contributed by atoms with van der Waals surface area (Å²) < 4.78 is 0. The van der Waals surface area contributed by atoms with Gasteiger partial charge in [-0.3, -0.25) is 10.7 Å². The lowest BCUT2D eigenvalue weighted by atomic mass is 9.96. The molecule has 1 rings (SSSR count). The number of rotatable bonds is 1. The third-order valence-electron chi connectivity index (χ3n) is 2.04. The molecule has 1 aliphatic carbocycles. The van der Waals surface area contributed by atoms with E-state index in [1.165, 1.54) is 32.1 Å². The van der Waals surface area contributed by atoms with Crippen LogP contribution < -0.4 is 10.7 Å². The molecule has 0 aromatic carbocycles. The molecule has 3 N–H and O–H groups in total. The highest BCUT2D eigenvalue weighted by atomic mass is 14.9. The van der Waals surface area contributed by atoms with Crippen molar-refractivity contribution in [3.8, 4) is 0 Å². The molecule has 2 heteroatoms. The van der Waals surface area contributed by atoms with Gasteiger partial charge in [0, 0.05) is 6.92 Å². The highest BCUT2D eigenvalue weighted by molar-refractivity contribution is 5.71. The molecule has 0 aromatic heterocycles. The van der Waals surface area contributed by atoms with Gasteiger partial charge in [0.25, 0.3) is 0 Å². The maximum atomic E-state index is 5.53. The second-order valence-electron chi connectivity index (χ2n) is 3.16. The molecule has 1 aliphatic rings. The maximum Gasteiger partial charge on any atom is 0.237 e. The minimum atomic E-state index is 0.666. The van der Waals surface area contributed by atoms with Crippen molar-refractivity contribution in [3.63, 3.8) is 0 Å².